The van der Waals surface area contributed by atoms with Gasteiger partial charge in [-0.25, -0.2) is 9.18 Å². The maximum atomic E-state index is 15.0. The van der Waals surface area contributed by atoms with Gasteiger partial charge in [0, 0.05) is 42.8 Å². The zero-order valence-corrected chi connectivity index (χ0v) is 15.3. The summed E-state index contributed by atoms with van der Waals surface area (Å²) in [7, 11) is 0. The first kappa shape index (κ1) is 17.6. The number of carboxylic acid groups (broad SMARTS) is 1. The number of pyridine rings is 1. The van der Waals surface area contributed by atoms with Crippen LogP contribution in [0.2, 0.25) is 0 Å². The summed E-state index contributed by atoms with van der Waals surface area (Å²) < 4.78 is 16.8. The lowest BCUT2D eigenvalue weighted by Crippen LogP contribution is -2.61. The van der Waals surface area contributed by atoms with E-state index in [1.165, 1.54) is 12.3 Å². The fourth-order valence-electron chi connectivity index (χ4n) is 4.69. The number of aliphatic hydroxyl groups excluding tert-OH is 1. The molecule has 0 spiro atoms. The van der Waals surface area contributed by atoms with E-state index >= 15 is 4.39 Å². The summed E-state index contributed by atoms with van der Waals surface area (Å²) in [5.41, 5.74) is 0.0392. The van der Waals surface area contributed by atoms with Crippen LogP contribution in [0.25, 0.3) is 10.9 Å². The summed E-state index contributed by atoms with van der Waals surface area (Å²) in [4.78, 5) is 26.0. The van der Waals surface area contributed by atoms with Crippen LogP contribution in [0.3, 0.4) is 0 Å². The molecular weight excluding hydrogens is 365 g/mol. The van der Waals surface area contributed by atoms with Crippen molar-refractivity contribution in [3.63, 3.8) is 0 Å². The monoisotopic (exact) mass is 387 g/mol. The van der Waals surface area contributed by atoms with Crippen molar-refractivity contribution in [2.45, 2.75) is 49.9 Å². The van der Waals surface area contributed by atoms with Crippen LogP contribution in [0.15, 0.2) is 23.1 Å². The molecule has 2 aliphatic heterocycles. The number of hydrogen-bond acceptors (Lipinski definition) is 5. The first-order valence-electron chi connectivity index (χ1n) is 9.71. The largest absolute Gasteiger partial charge is 0.477 e. The molecule has 8 heteroatoms. The Balaban J connectivity index is 1.62. The van der Waals surface area contributed by atoms with Crippen molar-refractivity contribution in [3.8, 4) is 0 Å². The van der Waals surface area contributed by atoms with Gasteiger partial charge in [0.2, 0.25) is 5.43 Å². The van der Waals surface area contributed by atoms with Crippen molar-refractivity contribution in [1.29, 1.82) is 0 Å². The number of fused-ring (bicyclic) bond motifs is 3. The molecule has 1 aromatic heterocycles. The number of nitrogens with one attached hydrogen (secondary N) is 1. The van der Waals surface area contributed by atoms with Crippen LogP contribution in [0.4, 0.5) is 10.1 Å². The second-order valence-electron chi connectivity index (χ2n) is 8.23. The average molecular weight is 387 g/mol. The lowest BCUT2D eigenvalue weighted by atomic mass is 9.91. The Kier molecular flexibility index (Phi) is 3.96. The SMILES string of the molecule is O=C(O)c1cn(C2CC2)c2cc(N3CC4CC(O)CC(C3)N4)c(F)cc2c1=O. The molecule has 0 radical (unpaired) electrons. The molecule has 3 heterocycles. The highest BCUT2D eigenvalue weighted by Crippen LogP contribution is 2.38. The van der Waals surface area contributed by atoms with Crippen molar-refractivity contribution in [2.75, 3.05) is 18.0 Å². The molecule has 7 nitrogen and oxygen atoms in total. The second kappa shape index (κ2) is 6.28. The van der Waals surface area contributed by atoms with E-state index in [9.17, 15) is 19.8 Å². The average Bonchev–Trinajstić information content (AvgIpc) is 3.45. The summed E-state index contributed by atoms with van der Waals surface area (Å²) in [5, 5.41) is 22.9. The van der Waals surface area contributed by atoms with Crippen LogP contribution in [-0.4, -0.2) is 52.0 Å². The molecule has 2 aromatic rings. The number of rotatable bonds is 3. The Morgan fingerprint density at radius 3 is 2.46 bits per heavy atom. The molecule has 148 valence electrons. The van der Waals surface area contributed by atoms with Gasteiger partial charge in [-0.2, -0.15) is 0 Å². The standard InChI is InChI=1S/C20H22FN3O4/c21-16-5-14-17(24(12-1-2-12)9-15(19(14)26)20(27)28)6-18(16)23-7-10-3-13(25)4-11(8-23)22-10/h5-6,9-13,22,25H,1-4,7-8H2,(H,27,28). The Bertz CT molecular complexity index is 1010. The third kappa shape index (κ3) is 2.87. The van der Waals surface area contributed by atoms with Gasteiger partial charge in [-0.05, 0) is 37.8 Å². The molecule has 2 saturated heterocycles. The van der Waals surface area contributed by atoms with E-state index in [4.69, 9.17) is 0 Å². The van der Waals surface area contributed by atoms with Gasteiger partial charge in [0.05, 0.1) is 17.3 Å². The number of halogens is 1. The van der Waals surface area contributed by atoms with Gasteiger partial charge in [-0.3, -0.25) is 4.79 Å². The van der Waals surface area contributed by atoms with Crippen molar-refractivity contribution < 1.29 is 19.4 Å². The Labute approximate surface area is 160 Å². The number of carboxylic acids is 1. The molecule has 3 fully saturated rings. The van der Waals surface area contributed by atoms with Crippen LogP contribution < -0.4 is 15.6 Å². The molecule has 28 heavy (non-hydrogen) atoms. The van der Waals surface area contributed by atoms with Gasteiger partial charge in [-0.1, -0.05) is 0 Å². The van der Waals surface area contributed by atoms with Gasteiger partial charge in [0.25, 0.3) is 0 Å². The number of anilines is 1. The maximum Gasteiger partial charge on any atom is 0.341 e. The van der Waals surface area contributed by atoms with E-state index in [1.807, 2.05) is 9.47 Å². The maximum absolute atomic E-state index is 15.0. The molecular formula is C20H22FN3O4. The number of aromatic carboxylic acids is 1. The van der Waals surface area contributed by atoms with E-state index in [1.54, 1.807) is 6.07 Å². The van der Waals surface area contributed by atoms with E-state index < -0.39 is 17.2 Å². The second-order valence-corrected chi connectivity index (χ2v) is 8.23. The molecule has 0 amide bonds. The first-order valence-corrected chi connectivity index (χ1v) is 9.71. The van der Waals surface area contributed by atoms with Crippen molar-refractivity contribution in [3.05, 3.63) is 39.9 Å². The zero-order chi connectivity index (χ0) is 19.6. The van der Waals surface area contributed by atoms with E-state index in [0.717, 1.165) is 12.8 Å². The summed E-state index contributed by atoms with van der Waals surface area (Å²) in [6.07, 6.45) is 4.18. The number of hydrogen-bond donors (Lipinski definition) is 3. The topological polar surface area (TPSA) is 94.8 Å². The van der Waals surface area contributed by atoms with Crippen LogP contribution in [-0.2, 0) is 0 Å². The normalized spacial score (nSPS) is 27.2. The first-order chi connectivity index (χ1) is 13.4. The highest BCUT2D eigenvalue weighted by molar-refractivity contribution is 5.93. The third-order valence-electron chi connectivity index (χ3n) is 6.08. The summed E-state index contributed by atoms with van der Waals surface area (Å²) >= 11 is 0. The molecule has 3 N–H and O–H groups in total. The number of aromatic nitrogens is 1. The number of piperidine rings is 1. The van der Waals surface area contributed by atoms with Crippen LogP contribution in [0, 0.1) is 5.82 Å². The Morgan fingerprint density at radius 1 is 1.18 bits per heavy atom. The quantitative estimate of drug-likeness (QED) is 0.739. The third-order valence-corrected chi connectivity index (χ3v) is 6.08. The summed E-state index contributed by atoms with van der Waals surface area (Å²) in [6.45, 7) is 1.16. The fraction of sp³-hybridized carbons (Fsp3) is 0.500. The minimum absolute atomic E-state index is 0.0950. The van der Waals surface area contributed by atoms with Crippen LogP contribution in [0.5, 0.6) is 0 Å². The molecule has 3 aliphatic rings. The number of piperazine rings is 1. The molecule has 1 saturated carbocycles. The Morgan fingerprint density at radius 2 is 1.86 bits per heavy atom. The van der Waals surface area contributed by atoms with Crippen LogP contribution >= 0.6 is 0 Å². The van der Waals surface area contributed by atoms with Gasteiger partial charge in [0.15, 0.2) is 0 Å². The number of aliphatic hydroxyl groups is 1. The van der Waals surface area contributed by atoms with Gasteiger partial charge >= 0.3 is 5.97 Å². The van der Waals surface area contributed by atoms with E-state index in [2.05, 4.69) is 5.32 Å². The molecule has 2 atom stereocenters. The Hall–Kier alpha value is -2.45. The zero-order valence-electron chi connectivity index (χ0n) is 15.3. The molecule has 2 bridgehead atoms. The minimum atomic E-state index is -1.29. The summed E-state index contributed by atoms with van der Waals surface area (Å²) in [5.74, 6) is -1.81. The molecule has 1 aromatic carbocycles. The van der Waals surface area contributed by atoms with Crippen molar-refractivity contribution >= 4 is 22.6 Å². The highest BCUT2D eigenvalue weighted by Gasteiger charge is 2.35. The molecule has 5 rings (SSSR count). The molecule has 1 aliphatic carbocycles. The van der Waals surface area contributed by atoms with E-state index in [0.29, 0.717) is 37.1 Å². The number of benzene rings is 1. The lowest BCUT2D eigenvalue weighted by molar-refractivity contribution is 0.0694. The predicted molar refractivity (Wildman–Crippen MR) is 102 cm³/mol. The minimum Gasteiger partial charge on any atom is -0.477 e. The summed E-state index contributed by atoms with van der Waals surface area (Å²) in [6, 6.07) is 3.21. The number of nitrogens with zero attached hydrogens (tertiary/aromatic N) is 2. The lowest BCUT2D eigenvalue weighted by Gasteiger charge is -2.45. The fourth-order valence-corrected chi connectivity index (χ4v) is 4.69. The molecule has 2 unspecified atom stereocenters. The van der Waals surface area contributed by atoms with Gasteiger partial charge in [-0.15, -0.1) is 0 Å². The predicted octanol–water partition coefficient (Wildman–Crippen LogP) is 1.48. The smallest absolute Gasteiger partial charge is 0.341 e. The van der Waals surface area contributed by atoms with Crippen LogP contribution in [0.1, 0.15) is 42.1 Å². The highest BCUT2D eigenvalue weighted by atomic mass is 19.1. The van der Waals surface area contributed by atoms with Gasteiger partial charge in [0.1, 0.15) is 11.4 Å². The van der Waals surface area contributed by atoms with E-state index in [-0.39, 0.29) is 35.2 Å². The number of carbonyl (C=O) groups is 1. The van der Waals surface area contributed by atoms with Crippen molar-refractivity contribution in [2.24, 2.45) is 0 Å². The van der Waals surface area contributed by atoms with Gasteiger partial charge < -0.3 is 25.0 Å². The van der Waals surface area contributed by atoms with Crippen molar-refractivity contribution in [1.82, 2.24) is 9.88 Å².